The molecule has 0 spiro atoms. The predicted octanol–water partition coefficient (Wildman–Crippen LogP) is 3.03. The molecule has 0 radical (unpaired) electrons. The Hall–Kier alpha value is -3.09. The van der Waals surface area contributed by atoms with E-state index in [2.05, 4.69) is 20.2 Å². The van der Waals surface area contributed by atoms with Crippen LogP contribution in [0.5, 0.6) is 0 Å². The van der Waals surface area contributed by atoms with E-state index in [4.69, 9.17) is 0 Å². The molecule has 26 heavy (non-hydrogen) atoms. The second-order valence-corrected chi connectivity index (χ2v) is 6.36. The molecule has 1 amide bonds. The van der Waals surface area contributed by atoms with Crippen molar-refractivity contribution in [1.82, 2.24) is 25.1 Å². The number of piperidine rings is 1. The maximum Gasteiger partial charge on any atom is 0.272 e. The largest absolute Gasteiger partial charge is 0.337 e. The number of halogens is 1. The summed E-state index contributed by atoms with van der Waals surface area (Å²) in [5.74, 6) is 1.03. The van der Waals surface area contributed by atoms with E-state index in [0.29, 0.717) is 24.6 Å². The predicted molar refractivity (Wildman–Crippen MR) is 93.9 cm³/mol. The van der Waals surface area contributed by atoms with E-state index < -0.39 is 0 Å². The maximum absolute atomic E-state index is 13.1. The van der Waals surface area contributed by atoms with Gasteiger partial charge in [0.1, 0.15) is 17.3 Å². The standard InChI is InChI=1S/C19H18FN5O/c20-15-8-6-13(7-9-15)17-22-18(24-23-17)14-4-3-11-25(12-14)19(26)16-5-1-2-10-21-16/h1-2,5-10,14H,3-4,11-12H2,(H,22,23,24)/t14-/m0/s1. The van der Waals surface area contributed by atoms with Crippen LogP contribution in [0.1, 0.15) is 35.1 Å². The van der Waals surface area contributed by atoms with Gasteiger partial charge in [-0.1, -0.05) is 6.07 Å². The first-order chi connectivity index (χ1) is 12.7. The molecule has 6 nitrogen and oxygen atoms in total. The van der Waals surface area contributed by atoms with Gasteiger partial charge in [-0.3, -0.25) is 14.9 Å². The summed E-state index contributed by atoms with van der Waals surface area (Å²) in [6, 6.07) is 11.4. The van der Waals surface area contributed by atoms with Crippen LogP contribution < -0.4 is 0 Å². The zero-order valence-electron chi connectivity index (χ0n) is 14.1. The first-order valence-corrected chi connectivity index (χ1v) is 8.59. The fraction of sp³-hybridized carbons (Fsp3) is 0.263. The number of amides is 1. The number of pyridine rings is 1. The molecule has 1 fully saturated rings. The van der Waals surface area contributed by atoms with Crippen LogP contribution in [0.4, 0.5) is 4.39 Å². The van der Waals surface area contributed by atoms with Crippen molar-refractivity contribution in [2.75, 3.05) is 13.1 Å². The van der Waals surface area contributed by atoms with Gasteiger partial charge in [0.15, 0.2) is 5.82 Å². The smallest absolute Gasteiger partial charge is 0.272 e. The number of H-pyrrole nitrogens is 1. The minimum atomic E-state index is -0.291. The zero-order chi connectivity index (χ0) is 17.9. The Morgan fingerprint density at radius 3 is 2.81 bits per heavy atom. The Bertz CT molecular complexity index is 894. The number of hydrogen-bond acceptors (Lipinski definition) is 4. The molecule has 0 aliphatic carbocycles. The topological polar surface area (TPSA) is 74.8 Å². The third-order valence-electron chi connectivity index (χ3n) is 4.58. The van der Waals surface area contributed by atoms with E-state index in [9.17, 15) is 9.18 Å². The molecular weight excluding hydrogens is 333 g/mol. The molecule has 1 saturated heterocycles. The summed E-state index contributed by atoms with van der Waals surface area (Å²) in [4.78, 5) is 23.1. The molecule has 0 bridgehead atoms. The van der Waals surface area contributed by atoms with Crippen LogP contribution >= 0.6 is 0 Å². The van der Waals surface area contributed by atoms with Crippen molar-refractivity contribution < 1.29 is 9.18 Å². The lowest BCUT2D eigenvalue weighted by Gasteiger charge is -2.31. The SMILES string of the molecule is O=C(c1ccccn1)N1CCC[C@H](c2nc(-c3ccc(F)cc3)n[nH]2)C1. The number of aromatic nitrogens is 4. The molecule has 1 aliphatic rings. The number of carbonyl (C=O) groups is 1. The number of benzene rings is 1. The molecule has 7 heteroatoms. The summed E-state index contributed by atoms with van der Waals surface area (Å²) in [6.07, 6.45) is 3.46. The van der Waals surface area contributed by atoms with Gasteiger partial charge >= 0.3 is 0 Å². The Labute approximate surface area is 150 Å². The third-order valence-corrected chi connectivity index (χ3v) is 4.58. The molecule has 1 aromatic carbocycles. The normalized spacial score (nSPS) is 17.3. The lowest BCUT2D eigenvalue weighted by atomic mass is 9.97. The van der Waals surface area contributed by atoms with Crippen molar-refractivity contribution in [3.05, 3.63) is 66.0 Å². The number of carbonyl (C=O) groups excluding carboxylic acids is 1. The lowest BCUT2D eigenvalue weighted by Crippen LogP contribution is -2.39. The van der Waals surface area contributed by atoms with E-state index in [1.807, 2.05) is 11.0 Å². The summed E-state index contributed by atoms with van der Waals surface area (Å²) in [5.41, 5.74) is 1.21. The van der Waals surface area contributed by atoms with E-state index in [0.717, 1.165) is 24.2 Å². The van der Waals surface area contributed by atoms with Gasteiger partial charge in [0.2, 0.25) is 0 Å². The molecule has 132 valence electrons. The first-order valence-electron chi connectivity index (χ1n) is 8.59. The molecule has 4 rings (SSSR count). The monoisotopic (exact) mass is 351 g/mol. The third kappa shape index (κ3) is 3.33. The highest BCUT2D eigenvalue weighted by atomic mass is 19.1. The quantitative estimate of drug-likeness (QED) is 0.787. The van der Waals surface area contributed by atoms with Crippen LogP contribution in [-0.2, 0) is 0 Å². The van der Waals surface area contributed by atoms with E-state index >= 15 is 0 Å². The van der Waals surface area contributed by atoms with Crippen molar-refractivity contribution in [3.63, 3.8) is 0 Å². The number of nitrogens with zero attached hydrogens (tertiary/aromatic N) is 4. The average Bonchev–Trinajstić information content (AvgIpc) is 3.19. The fourth-order valence-electron chi connectivity index (χ4n) is 3.22. The van der Waals surface area contributed by atoms with E-state index in [1.54, 1.807) is 30.5 Å². The summed E-state index contributed by atoms with van der Waals surface area (Å²) in [7, 11) is 0. The Morgan fingerprint density at radius 1 is 1.19 bits per heavy atom. The minimum Gasteiger partial charge on any atom is -0.337 e. The van der Waals surface area contributed by atoms with Gasteiger partial charge in [-0.15, -0.1) is 0 Å². The molecule has 2 aromatic heterocycles. The second-order valence-electron chi connectivity index (χ2n) is 6.36. The molecule has 1 aliphatic heterocycles. The summed E-state index contributed by atoms with van der Waals surface area (Å²) in [6.45, 7) is 1.29. The number of likely N-dealkylation sites (tertiary alicyclic amines) is 1. The zero-order valence-corrected chi connectivity index (χ0v) is 14.1. The summed E-state index contributed by atoms with van der Waals surface area (Å²) in [5, 5.41) is 7.22. The number of aromatic amines is 1. The second kappa shape index (κ2) is 7.03. The Balaban J connectivity index is 1.50. The molecule has 0 saturated carbocycles. The van der Waals surface area contributed by atoms with E-state index in [-0.39, 0.29) is 17.6 Å². The van der Waals surface area contributed by atoms with Gasteiger partial charge in [0.25, 0.3) is 5.91 Å². The molecule has 1 N–H and O–H groups in total. The van der Waals surface area contributed by atoms with Gasteiger partial charge in [0, 0.05) is 30.8 Å². The fourth-order valence-corrected chi connectivity index (χ4v) is 3.22. The minimum absolute atomic E-state index is 0.0615. The van der Waals surface area contributed by atoms with Gasteiger partial charge in [-0.05, 0) is 49.2 Å². The average molecular weight is 351 g/mol. The Kier molecular flexibility index (Phi) is 4.43. The summed E-state index contributed by atoms with van der Waals surface area (Å²) >= 11 is 0. The van der Waals surface area contributed by atoms with Crippen molar-refractivity contribution in [2.45, 2.75) is 18.8 Å². The first kappa shape index (κ1) is 16.4. The van der Waals surface area contributed by atoms with Gasteiger partial charge in [-0.2, -0.15) is 5.10 Å². The summed E-state index contributed by atoms with van der Waals surface area (Å²) < 4.78 is 13.1. The van der Waals surface area contributed by atoms with Crippen LogP contribution in [0.15, 0.2) is 48.7 Å². The Morgan fingerprint density at radius 2 is 2.04 bits per heavy atom. The van der Waals surface area contributed by atoms with Crippen LogP contribution in [0.3, 0.4) is 0 Å². The molecule has 3 heterocycles. The highest BCUT2D eigenvalue weighted by molar-refractivity contribution is 5.92. The van der Waals surface area contributed by atoms with Crippen molar-refractivity contribution >= 4 is 5.91 Å². The lowest BCUT2D eigenvalue weighted by molar-refractivity contribution is 0.0698. The van der Waals surface area contributed by atoms with Gasteiger partial charge < -0.3 is 4.90 Å². The molecule has 1 atom stereocenters. The van der Waals surface area contributed by atoms with Crippen molar-refractivity contribution in [1.29, 1.82) is 0 Å². The molecular formula is C19H18FN5O. The van der Waals surface area contributed by atoms with Crippen LogP contribution in [0.2, 0.25) is 0 Å². The van der Waals surface area contributed by atoms with Crippen LogP contribution in [0, 0.1) is 5.82 Å². The maximum atomic E-state index is 13.1. The molecule has 3 aromatic rings. The van der Waals surface area contributed by atoms with Crippen LogP contribution in [0.25, 0.3) is 11.4 Å². The van der Waals surface area contributed by atoms with E-state index in [1.165, 1.54) is 12.1 Å². The number of hydrogen-bond donors (Lipinski definition) is 1. The van der Waals surface area contributed by atoms with Crippen molar-refractivity contribution in [2.24, 2.45) is 0 Å². The number of rotatable bonds is 3. The van der Waals surface area contributed by atoms with Gasteiger partial charge in [0.05, 0.1) is 0 Å². The number of nitrogens with one attached hydrogen (secondary N) is 1. The van der Waals surface area contributed by atoms with Gasteiger partial charge in [-0.25, -0.2) is 9.37 Å². The molecule has 0 unspecified atom stereocenters. The highest BCUT2D eigenvalue weighted by Crippen LogP contribution is 2.26. The highest BCUT2D eigenvalue weighted by Gasteiger charge is 2.28. The van der Waals surface area contributed by atoms with Crippen LogP contribution in [-0.4, -0.2) is 44.1 Å². The van der Waals surface area contributed by atoms with Crippen molar-refractivity contribution in [3.8, 4) is 11.4 Å².